The molecule has 2 aromatic rings. The summed E-state index contributed by atoms with van der Waals surface area (Å²) >= 11 is 1.26. The number of nitrogens with one attached hydrogen (secondary N) is 1. The Kier molecular flexibility index (Phi) is 6.45. The summed E-state index contributed by atoms with van der Waals surface area (Å²) in [5.74, 6) is 1.25. The van der Waals surface area contributed by atoms with Crippen molar-refractivity contribution in [3.05, 3.63) is 40.8 Å². The molecule has 6 nitrogen and oxygen atoms in total. The molecule has 1 unspecified atom stereocenters. The number of nitrogens with zero attached hydrogens (tertiary/aromatic N) is 1. The molecule has 0 fully saturated rings. The van der Waals surface area contributed by atoms with Crippen LogP contribution >= 0.6 is 11.3 Å². The lowest BCUT2D eigenvalue weighted by atomic mass is 10.1. The Labute approximate surface area is 153 Å². The zero-order valence-corrected chi connectivity index (χ0v) is 16.7. The average molecular weight is 385 g/mol. The lowest BCUT2D eigenvalue weighted by molar-refractivity contribution is 0.297. The number of ether oxygens (including phenoxy) is 2. The minimum atomic E-state index is -3.52. The fraction of sp³-hybridized carbons (Fsp3) is 0.412. The van der Waals surface area contributed by atoms with E-state index in [2.05, 4.69) is 4.72 Å². The molecule has 1 heterocycles. The van der Waals surface area contributed by atoms with Crippen molar-refractivity contribution in [3.63, 3.8) is 0 Å². The first-order valence-corrected chi connectivity index (χ1v) is 10.0. The van der Waals surface area contributed by atoms with Crippen LogP contribution in [0.15, 0.2) is 34.5 Å². The standard InChI is InChI=1S/C17H24N2O4S2/c1-12-6-9-17(24-12)25(20,21)18-11-14(19(2)3)13-7-8-15(22-4)16(10-13)23-5/h6-10,14,18H,11H2,1-5H3. The number of rotatable bonds is 8. The van der Waals surface area contributed by atoms with Crippen LogP contribution in [0, 0.1) is 6.92 Å². The fourth-order valence-electron chi connectivity index (χ4n) is 2.47. The fourth-order valence-corrected chi connectivity index (χ4v) is 4.84. The summed E-state index contributed by atoms with van der Waals surface area (Å²) in [7, 11) is 3.46. The quantitative estimate of drug-likeness (QED) is 0.758. The lowest BCUT2D eigenvalue weighted by Crippen LogP contribution is -2.34. The Hall–Kier alpha value is -1.61. The normalized spacial score (nSPS) is 13.0. The summed E-state index contributed by atoms with van der Waals surface area (Å²) in [6, 6.07) is 8.89. The minimum absolute atomic E-state index is 0.143. The Morgan fingerprint density at radius 1 is 1.12 bits per heavy atom. The third-order valence-electron chi connectivity index (χ3n) is 3.86. The molecule has 0 bridgehead atoms. The highest BCUT2D eigenvalue weighted by Crippen LogP contribution is 2.31. The van der Waals surface area contributed by atoms with Gasteiger partial charge in [0.05, 0.1) is 14.2 Å². The first-order chi connectivity index (χ1) is 11.8. The van der Waals surface area contributed by atoms with E-state index < -0.39 is 10.0 Å². The van der Waals surface area contributed by atoms with Crippen LogP contribution in [0.3, 0.4) is 0 Å². The number of likely N-dealkylation sites (N-methyl/N-ethyl adjacent to an activating group) is 1. The van der Waals surface area contributed by atoms with Crippen LogP contribution in [0.5, 0.6) is 11.5 Å². The topological polar surface area (TPSA) is 67.9 Å². The van der Waals surface area contributed by atoms with E-state index in [-0.39, 0.29) is 12.6 Å². The van der Waals surface area contributed by atoms with Crippen molar-refractivity contribution in [1.29, 1.82) is 0 Å². The van der Waals surface area contributed by atoms with Crippen molar-refractivity contribution in [1.82, 2.24) is 9.62 Å². The van der Waals surface area contributed by atoms with Gasteiger partial charge in [0.25, 0.3) is 0 Å². The Bertz CT molecular complexity index is 816. The van der Waals surface area contributed by atoms with Crippen molar-refractivity contribution in [2.45, 2.75) is 17.2 Å². The monoisotopic (exact) mass is 384 g/mol. The molecule has 8 heteroatoms. The van der Waals surface area contributed by atoms with Crippen LogP contribution in [0.2, 0.25) is 0 Å². The van der Waals surface area contributed by atoms with Gasteiger partial charge in [0.1, 0.15) is 4.21 Å². The first-order valence-electron chi connectivity index (χ1n) is 7.73. The number of sulfonamides is 1. The molecular weight excluding hydrogens is 360 g/mol. The van der Waals surface area contributed by atoms with Crippen LogP contribution in [0.4, 0.5) is 0 Å². The van der Waals surface area contributed by atoms with Gasteiger partial charge in [-0.05, 0) is 50.8 Å². The van der Waals surface area contributed by atoms with Crippen molar-refractivity contribution >= 4 is 21.4 Å². The first kappa shape index (κ1) is 19.7. The molecule has 0 aliphatic heterocycles. The predicted molar refractivity (Wildman–Crippen MR) is 100 cm³/mol. The Morgan fingerprint density at radius 3 is 2.32 bits per heavy atom. The highest BCUT2D eigenvalue weighted by Gasteiger charge is 2.22. The molecule has 0 aliphatic carbocycles. The van der Waals surface area contributed by atoms with Crippen molar-refractivity contribution in [2.24, 2.45) is 0 Å². The number of hydrogen-bond donors (Lipinski definition) is 1. The van der Waals surface area contributed by atoms with Gasteiger partial charge < -0.3 is 14.4 Å². The molecule has 25 heavy (non-hydrogen) atoms. The molecule has 1 aromatic heterocycles. The molecule has 0 aliphatic rings. The van der Waals surface area contributed by atoms with Crippen LogP contribution in [-0.2, 0) is 10.0 Å². The highest BCUT2D eigenvalue weighted by atomic mass is 32.2. The third kappa shape index (κ3) is 4.72. The Balaban J connectivity index is 2.22. The van der Waals surface area contributed by atoms with Crippen LogP contribution in [-0.4, -0.2) is 48.2 Å². The number of methoxy groups -OCH3 is 2. The van der Waals surface area contributed by atoms with Crippen molar-refractivity contribution < 1.29 is 17.9 Å². The van der Waals surface area contributed by atoms with Gasteiger partial charge in [-0.3, -0.25) is 0 Å². The third-order valence-corrected chi connectivity index (χ3v) is 6.78. The maximum Gasteiger partial charge on any atom is 0.250 e. The van der Waals surface area contributed by atoms with E-state index in [1.165, 1.54) is 11.3 Å². The van der Waals surface area contributed by atoms with Gasteiger partial charge in [0, 0.05) is 17.5 Å². The summed E-state index contributed by atoms with van der Waals surface area (Å²) in [4.78, 5) is 2.92. The molecule has 2 rings (SSSR count). The maximum absolute atomic E-state index is 12.5. The molecule has 0 radical (unpaired) electrons. The van der Waals surface area contributed by atoms with E-state index in [1.54, 1.807) is 26.4 Å². The average Bonchev–Trinajstić information content (AvgIpc) is 3.01. The summed E-state index contributed by atoms with van der Waals surface area (Å²) in [6.07, 6.45) is 0. The van der Waals surface area contributed by atoms with Gasteiger partial charge in [0.15, 0.2) is 11.5 Å². The molecule has 1 N–H and O–H groups in total. The van der Waals surface area contributed by atoms with E-state index in [9.17, 15) is 8.42 Å². The molecule has 0 spiro atoms. The number of aryl methyl sites for hydroxylation is 1. The maximum atomic E-state index is 12.5. The van der Waals surface area contributed by atoms with Crippen LogP contribution < -0.4 is 14.2 Å². The van der Waals surface area contributed by atoms with Crippen LogP contribution in [0.1, 0.15) is 16.5 Å². The minimum Gasteiger partial charge on any atom is -0.493 e. The van der Waals surface area contributed by atoms with E-state index in [0.29, 0.717) is 15.7 Å². The van der Waals surface area contributed by atoms with E-state index in [4.69, 9.17) is 9.47 Å². The number of benzene rings is 1. The summed E-state index contributed by atoms with van der Waals surface area (Å²) < 4.78 is 38.6. The SMILES string of the molecule is COc1ccc(C(CNS(=O)(=O)c2ccc(C)s2)N(C)C)cc1OC. The summed E-state index contributed by atoms with van der Waals surface area (Å²) in [5, 5.41) is 0. The zero-order valence-electron chi connectivity index (χ0n) is 15.1. The summed E-state index contributed by atoms with van der Waals surface area (Å²) in [6.45, 7) is 2.14. The zero-order chi connectivity index (χ0) is 18.6. The molecule has 1 aromatic carbocycles. The Morgan fingerprint density at radius 2 is 1.80 bits per heavy atom. The second-order valence-corrected chi connectivity index (χ2v) is 9.09. The smallest absolute Gasteiger partial charge is 0.250 e. The molecule has 0 saturated heterocycles. The highest BCUT2D eigenvalue weighted by molar-refractivity contribution is 7.91. The van der Waals surface area contributed by atoms with Gasteiger partial charge in [-0.15, -0.1) is 11.3 Å². The van der Waals surface area contributed by atoms with E-state index >= 15 is 0 Å². The van der Waals surface area contributed by atoms with Gasteiger partial charge in [0.2, 0.25) is 10.0 Å². The van der Waals surface area contributed by atoms with Crippen molar-refractivity contribution in [2.75, 3.05) is 34.9 Å². The second kappa shape index (κ2) is 8.18. The molecule has 1 atom stereocenters. The van der Waals surface area contributed by atoms with Gasteiger partial charge >= 0.3 is 0 Å². The summed E-state index contributed by atoms with van der Waals surface area (Å²) in [5.41, 5.74) is 0.938. The molecule has 0 amide bonds. The molecule has 138 valence electrons. The lowest BCUT2D eigenvalue weighted by Gasteiger charge is -2.25. The molecule has 0 saturated carbocycles. The van der Waals surface area contributed by atoms with Crippen molar-refractivity contribution in [3.8, 4) is 11.5 Å². The van der Waals surface area contributed by atoms with Gasteiger partial charge in [-0.25, -0.2) is 13.1 Å². The van der Waals surface area contributed by atoms with Gasteiger partial charge in [-0.2, -0.15) is 0 Å². The second-order valence-electron chi connectivity index (χ2n) is 5.81. The van der Waals surface area contributed by atoms with E-state index in [1.807, 2.05) is 44.1 Å². The predicted octanol–water partition coefficient (Wildman–Crippen LogP) is 2.65. The van der Waals surface area contributed by atoms with E-state index in [0.717, 1.165) is 10.4 Å². The number of hydrogen-bond acceptors (Lipinski definition) is 6. The number of thiophene rings is 1. The largest absolute Gasteiger partial charge is 0.493 e. The molecular formula is C17H24N2O4S2. The van der Waals surface area contributed by atoms with Crippen LogP contribution in [0.25, 0.3) is 0 Å². The van der Waals surface area contributed by atoms with Gasteiger partial charge in [-0.1, -0.05) is 6.07 Å².